The molecule has 49 heavy (non-hydrogen) atoms. The van der Waals surface area contributed by atoms with Crippen molar-refractivity contribution < 1.29 is 31.2 Å². The third kappa shape index (κ3) is 6.42. The molecule has 0 unspecified atom stereocenters. The molecule has 0 bridgehead atoms. The van der Waals surface area contributed by atoms with E-state index in [1.54, 1.807) is 55.5 Å². The monoisotopic (exact) mass is 698 g/mol. The molecule has 1 amide bonds. The Balaban J connectivity index is 0.000000170. The molecule has 0 aliphatic heterocycles. The smallest absolute Gasteiger partial charge is 0.273 e. The van der Waals surface area contributed by atoms with Crippen LogP contribution in [0.2, 0.25) is 0 Å². The summed E-state index contributed by atoms with van der Waals surface area (Å²) in [5, 5.41) is 14.0. The molecule has 3 aromatic heterocycles. The summed E-state index contributed by atoms with van der Waals surface area (Å²) in [4.78, 5) is 17.2. The Kier molecular flexibility index (Phi) is 8.82. The number of phenolic OH excluding ortho intramolecular Hbond substituents is 1. The van der Waals surface area contributed by atoms with E-state index in [9.17, 15) is 26.7 Å². The van der Waals surface area contributed by atoms with Gasteiger partial charge in [-0.1, -0.05) is 48.5 Å². The molecule has 0 spiro atoms. The molecule has 7 aromatic rings. The zero-order valence-corrected chi connectivity index (χ0v) is 28.8. The molecule has 252 valence electrons. The van der Waals surface area contributed by atoms with Gasteiger partial charge in [-0.05, 0) is 87.4 Å². The minimum absolute atomic E-state index is 0.00197. The van der Waals surface area contributed by atoms with Gasteiger partial charge in [0.1, 0.15) is 22.7 Å². The quantitative estimate of drug-likeness (QED) is 0.168. The second kappa shape index (κ2) is 12.9. The number of nitrogens with one attached hydrogen (secondary N) is 1. The first-order chi connectivity index (χ1) is 23.3. The number of hydrogen-bond acceptors (Lipinski definition) is 8. The topological polar surface area (TPSA) is 153 Å². The Morgan fingerprint density at radius 3 is 2.00 bits per heavy atom. The molecular weight excluding hydrogens is 665 g/mol. The van der Waals surface area contributed by atoms with Crippen LogP contribution in [0.5, 0.6) is 5.75 Å². The van der Waals surface area contributed by atoms with E-state index in [0.29, 0.717) is 33.6 Å². The number of aromatic nitrogens is 3. The molecular formula is C36H34N4O7S2. The molecule has 0 aliphatic rings. The molecule has 0 aliphatic carbocycles. The fourth-order valence-electron chi connectivity index (χ4n) is 5.51. The molecule has 0 radical (unpaired) electrons. The number of aromatic hydroxyl groups is 1. The molecule has 0 atom stereocenters. The van der Waals surface area contributed by atoms with Crippen LogP contribution in [-0.4, -0.2) is 52.3 Å². The zero-order chi connectivity index (χ0) is 35.1. The van der Waals surface area contributed by atoms with Crippen LogP contribution in [0.15, 0.2) is 101 Å². The number of aryl methyl sites for hydroxylation is 2. The molecule has 2 N–H and O–H groups in total. The van der Waals surface area contributed by atoms with Gasteiger partial charge in [0.25, 0.3) is 5.91 Å². The Labute approximate surface area is 283 Å². The van der Waals surface area contributed by atoms with Crippen LogP contribution in [0.25, 0.3) is 44.5 Å². The van der Waals surface area contributed by atoms with Gasteiger partial charge in [-0.2, -0.15) is 0 Å². The van der Waals surface area contributed by atoms with Crippen molar-refractivity contribution in [1.29, 1.82) is 0 Å². The summed E-state index contributed by atoms with van der Waals surface area (Å²) >= 11 is 0. The number of benzene rings is 4. The number of phenols is 1. The Morgan fingerprint density at radius 2 is 1.33 bits per heavy atom. The van der Waals surface area contributed by atoms with Crippen LogP contribution < -0.4 is 5.32 Å². The standard InChI is InChI=1S/C18H18N2O4S.C18H16N2O3S/c1-3-25(23,24)20-15-7-5-4-6-13(15)11-16(20)18(22)19-14-10-12(2)8-9-17(14)21;1-3-24(21,22)20-15-7-5-4-6-13(15)11-16(20)18-19-14-10-12(2)8-9-17(14)23-18/h4-11,21H,3H2,1-2H3,(H,19,22);4-11H,3H2,1-2H3. The van der Waals surface area contributed by atoms with Gasteiger partial charge in [0.05, 0.1) is 28.2 Å². The molecule has 0 saturated carbocycles. The van der Waals surface area contributed by atoms with E-state index in [0.717, 1.165) is 26.0 Å². The highest BCUT2D eigenvalue weighted by atomic mass is 32.2. The highest BCUT2D eigenvalue weighted by Gasteiger charge is 2.25. The Hall–Kier alpha value is -5.40. The van der Waals surface area contributed by atoms with E-state index in [1.165, 1.54) is 23.0 Å². The van der Waals surface area contributed by atoms with Crippen LogP contribution in [-0.2, 0) is 20.0 Å². The molecule has 0 fully saturated rings. The second-order valence-electron chi connectivity index (χ2n) is 11.5. The Bertz CT molecular complexity index is 2600. The van der Waals surface area contributed by atoms with Gasteiger partial charge in [0, 0.05) is 10.8 Å². The van der Waals surface area contributed by atoms with Crippen molar-refractivity contribution in [3.63, 3.8) is 0 Å². The van der Waals surface area contributed by atoms with Gasteiger partial charge in [-0.25, -0.2) is 29.8 Å². The van der Waals surface area contributed by atoms with Crippen LogP contribution in [0, 0.1) is 13.8 Å². The molecule has 11 nitrogen and oxygen atoms in total. The van der Waals surface area contributed by atoms with Crippen molar-refractivity contribution >= 4 is 64.5 Å². The van der Waals surface area contributed by atoms with Gasteiger partial charge in [-0.15, -0.1) is 0 Å². The lowest BCUT2D eigenvalue weighted by molar-refractivity contribution is 0.102. The Morgan fingerprint density at radius 1 is 0.755 bits per heavy atom. The number of rotatable bonds is 7. The number of carbonyl (C=O) groups is 1. The van der Waals surface area contributed by atoms with Crippen LogP contribution in [0.1, 0.15) is 35.5 Å². The van der Waals surface area contributed by atoms with E-state index < -0.39 is 26.0 Å². The number of oxazole rings is 1. The number of amides is 1. The SMILES string of the molecule is CCS(=O)(=O)n1c(-c2nc3cc(C)ccc3o2)cc2ccccc21.CCS(=O)(=O)n1c(C(=O)Nc2cc(C)ccc2O)cc2ccccc21. The van der Waals surface area contributed by atoms with E-state index in [4.69, 9.17) is 4.42 Å². The third-order valence-electron chi connectivity index (χ3n) is 8.01. The summed E-state index contributed by atoms with van der Waals surface area (Å²) in [6.45, 7) is 6.96. The van der Waals surface area contributed by atoms with Crippen molar-refractivity contribution in [2.75, 3.05) is 16.8 Å². The largest absolute Gasteiger partial charge is 0.506 e. The number of anilines is 1. The second-order valence-corrected chi connectivity index (χ2v) is 15.7. The number of hydrogen-bond donors (Lipinski definition) is 2. The van der Waals surface area contributed by atoms with Crippen molar-refractivity contribution in [3.8, 4) is 17.3 Å². The first-order valence-electron chi connectivity index (χ1n) is 15.5. The van der Waals surface area contributed by atoms with E-state index in [2.05, 4.69) is 10.3 Å². The molecule has 13 heteroatoms. The van der Waals surface area contributed by atoms with Crippen LogP contribution in [0.4, 0.5) is 5.69 Å². The van der Waals surface area contributed by atoms with Crippen LogP contribution in [0.3, 0.4) is 0 Å². The molecule has 3 heterocycles. The average Bonchev–Trinajstić information content (AvgIpc) is 3.80. The van der Waals surface area contributed by atoms with Gasteiger partial charge in [0.15, 0.2) is 5.58 Å². The van der Waals surface area contributed by atoms with Crippen molar-refractivity contribution in [2.45, 2.75) is 27.7 Å². The summed E-state index contributed by atoms with van der Waals surface area (Å²) in [5.74, 6) is -0.516. The van der Waals surface area contributed by atoms with E-state index in [1.807, 2.05) is 50.2 Å². The van der Waals surface area contributed by atoms with Gasteiger partial charge < -0.3 is 14.8 Å². The van der Waals surface area contributed by atoms with Crippen molar-refractivity contribution in [1.82, 2.24) is 12.9 Å². The van der Waals surface area contributed by atoms with Gasteiger partial charge >= 0.3 is 0 Å². The number of para-hydroxylation sites is 2. The van der Waals surface area contributed by atoms with Crippen molar-refractivity contribution in [2.24, 2.45) is 0 Å². The van der Waals surface area contributed by atoms with Gasteiger partial charge in [0.2, 0.25) is 25.9 Å². The normalized spacial score (nSPS) is 11.9. The van der Waals surface area contributed by atoms with E-state index >= 15 is 0 Å². The number of fused-ring (bicyclic) bond motifs is 3. The maximum atomic E-state index is 12.7. The maximum absolute atomic E-state index is 12.7. The van der Waals surface area contributed by atoms with Crippen molar-refractivity contribution in [3.05, 3.63) is 114 Å². The lowest BCUT2D eigenvalue weighted by Gasteiger charge is -2.12. The van der Waals surface area contributed by atoms with E-state index in [-0.39, 0.29) is 28.6 Å². The number of carbonyl (C=O) groups excluding carboxylic acids is 1. The maximum Gasteiger partial charge on any atom is 0.273 e. The molecule has 4 aromatic carbocycles. The predicted octanol–water partition coefficient (Wildman–Crippen LogP) is 7.06. The highest BCUT2D eigenvalue weighted by molar-refractivity contribution is 7.90. The fourth-order valence-corrected chi connectivity index (χ4v) is 7.82. The minimum Gasteiger partial charge on any atom is -0.506 e. The molecule has 0 saturated heterocycles. The number of nitrogens with zero attached hydrogens (tertiary/aromatic N) is 3. The fraction of sp³-hybridized carbons (Fsp3) is 0.167. The summed E-state index contributed by atoms with van der Waals surface area (Å²) in [7, 11) is -7.16. The lowest BCUT2D eigenvalue weighted by atomic mass is 10.2. The van der Waals surface area contributed by atoms with Crippen LogP contribution >= 0.6 is 0 Å². The minimum atomic E-state index is -3.67. The molecule has 7 rings (SSSR count). The summed E-state index contributed by atoms with van der Waals surface area (Å²) in [6, 6.07) is 28.1. The lowest BCUT2D eigenvalue weighted by Crippen LogP contribution is -2.23. The van der Waals surface area contributed by atoms with Gasteiger partial charge in [-0.3, -0.25) is 4.79 Å². The summed E-state index contributed by atoms with van der Waals surface area (Å²) in [5.41, 5.74) is 5.05. The zero-order valence-electron chi connectivity index (χ0n) is 27.2. The third-order valence-corrected chi connectivity index (χ3v) is 11.4. The predicted molar refractivity (Wildman–Crippen MR) is 192 cm³/mol. The summed E-state index contributed by atoms with van der Waals surface area (Å²) in [6.07, 6.45) is 0. The first kappa shape index (κ1) is 33.5. The summed E-state index contributed by atoms with van der Waals surface area (Å²) < 4.78 is 58.5. The first-order valence-corrected chi connectivity index (χ1v) is 18.7. The average molecular weight is 699 g/mol. The highest BCUT2D eigenvalue weighted by Crippen LogP contribution is 2.32.